The van der Waals surface area contributed by atoms with Crippen molar-refractivity contribution in [3.63, 3.8) is 0 Å². The number of nitrogens with zero attached hydrogens (tertiary/aromatic N) is 3. The predicted octanol–water partition coefficient (Wildman–Crippen LogP) is 3.30. The number of aromatic nitrogens is 1. The number of benzene rings is 1. The van der Waals surface area contributed by atoms with Gasteiger partial charge in [0, 0.05) is 23.4 Å². The number of hydrogen-bond acceptors (Lipinski definition) is 7. The molecule has 1 aromatic carbocycles. The predicted molar refractivity (Wildman–Crippen MR) is 129 cm³/mol. The van der Waals surface area contributed by atoms with E-state index in [-0.39, 0.29) is 5.56 Å². The zero-order valence-electron chi connectivity index (χ0n) is 17.4. The Bertz CT molecular complexity index is 1370. The van der Waals surface area contributed by atoms with Gasteiger partial charge in [-0.25, -0.2) is 9.79 Å². The summed E-state index contributed by atoms with van der Waals surface area (Å²) in [6.45, 7) is 1.78. The highest BCUT2D eigenvalue weighted by atomic mass is 79.9. The number of thiazole rings is 1. The average molecular weight is 518 g/mol. The minimum absolute atomic E-state index is 0.177. The lowest BCUT2D eigenvalue weighted by Gasteiger charge is -2.22. The van der Waals surface area contributed by atoms with Gasteiger partial charge < -0.3 is 9.64 Å². The van der Waals surface area contributed by atoms with Gasteiger partial charge in [-0.2, -0.15) is 0 Å². The number of fused-ring (bicyclic) bond motifs is 1. The summed E-state index contributed by atoms with van der Waals surface area (Å²) in [5, 5.41) is 1.93. The van der Waals surface area contributed by atoms with E-state index >= 15 is 0 Å². The number of ether oxygens (including phenoxy) is 1. The van der Waals surface area contributed by atoms with Crippen LogP contribution in [0.25, 0.3) is 6.08 Å². The van der Waals surface area contributed by atoms with Gasteiger partial charge in [-0.15, -0.1) is 11.3 Å². The molecule has 9 heteroatoms. The van der Waals surface area contributed by atoms with Gasteiger partial charge in [0.15, 0.2) is 4.80 Å². The SMILES string of the molecule is COC(=O)C1=C(C)N=c2sc(=Cc3ccc(N(C)C)c(Br)c3)c(=O)n2C1c1cccs1. The zero-order valence-corrected chi connectivity index (χ0v) is 20.6. The molecule has 0 aliphatic carbocycles. The topological polar surface area (TPSA) is 63.9 Å². The van der Waals surface area contributed by atoms with Crippen molar-refractivity contribution in [2.24, 2.45) is 4.99 Å². The number of carbonyl (C=O) groups excluding carboxylic acids is 1. The first kappa shape index (κ1) is 21.7. The summed E-state index contributed by atoms with van der Waals surface area (Å²) in [5.41, 5.74) is 2.73. The maximum Gasteiger partial charge on any atom is 0.338 e. The van der Waals surface area contributed by atoms with Crippen LogP contribution in [0.15, 0.2) is 61.2 Å². The van der Waals surface area contributed by atoms with Crippen molar-refractivity contribution in [1.29, 1.82) is 0 Å². The maximum absolute atomic E-state index is 13.4. The summed E-state index contributed by atoms with van der Waals surface area (Å²) in [5.74, 6) is -0.475. The molecule has 0 radical (unpaired) electrons. The molecule has 0 fully saturated rings. The fourth-order valence-corrected chi connectivity index (χ4v) is 6.16. The molecule has 160 valence electrons. The number of rotatable bonds is 4. The number of anilines is 1. The van der Waals surface area contributed by atoms with Crippen LogP contribution in [0.3, 0.4) is 0 Å². The molecule has 0 saturated carbocycles. The third-order valence-electron chi connectivity index (χ3n) is 4.99. The van der Waals surface area contributed by atoms with Crippen LogP contribution in [0.4, 0.5) is 5.69 Å². The Balaban J connectivity index is 1.91. The Labute approximate surface area is 195 Å². The Morgan fingerprint density at radius 3 is 2.71 bits per heavy atom. The molecule has 1 atom stereocenters. The third kappa shape index (κ3) is 3.93. The van der Waals surface area contributed by atoms with Crippen molar-refractivity contribution in [2.45, 2.75) is 13.0 Å². The lowest BCUT2D eigenvalue weighted by atomic mass is 10.0. The molecule has 0 N–H and O–H groups in total. The van der Waals surface area contributed by atoms with Crippen LogP contribution in [0.1, 0.15) is 23.4 Å². The Morgan fingerprint density at radius 2 is 2.10 bits per heavy atom. The molecule has 0 spiro atoms. The van der Waals surface area contributed by atoms with Gasteiger partial charge in [-0.1, -0.05) is 23.5 Å². The first-order chi connectivity index (χ1) is 14.8. The minimum Gasteiger partial charge on any atom is -0.466 e. The lowest BCUT2D eigenvalue weighted by Crippen LogP contribution is -2.39. The van der Waals surface area contributed by atoms with Gasteiger partial charge in [0.05, 0.1) is 28.6 Å². The van der Waals surface area contributed by atoms with Crippen LogP contribution in [0.5, 0.6) is 0 Å². The van der Waals surface area contributed by atoms with Gasteiger partial charge in [0.2, 0.25) is 0 Å². The van der Waals surface area contributed by atoms with Crippen LogP contribution in [0.2, 0.25) is 0 Å². The zero-order chi connectivity index (χ0) is 22.3. The van der Waals surface area contributed by atoms with Crippen molar-refractivity contribution in [3.8, 4) is 0 Å². The van der Waals surface area contributed by atoms with Gasteiger partial charge in [0.25, 0.3) is 5.56 Å². The van der Waals surface area contributed by atoms with Gasteiger partial charge >= 0.3 is 5.97 Å². The molecule has 31 heavy (non-hydrogen) atoms. The normalized spacial score (nSPS) is 16.2. The van der Waals surface area contributed by atoms with E-state index in [4.69, 9.17) is 4.74 Å². The molecule has 0 saturated heterocycles. The van der Waals surface area contributed by atoms with E-state index in [1.54, 1.807) is 11.5 Å². The number of thiophene rings is 1. The van der Waals surface area contributed by atoms with Crippen molar-refractivity contribution in [1.82, 2.24) is 4.57 Å². The van der Waals surface area contributed by atoms with Gasteiger partial charge in [-0.3, -0.25) is 9.36 Å². The fourth-order valence-electron chi connectivity index (χ4n) is 3.54. The lowest BCUT2D eigenvalue weighted by molar-refractivity contribution is -0.136. The van der Waals surface area contributed by atoms with E-state index < -0.39 is 12.0 Å². The summed E-state index contributed by atoms with van der Waals surface area (Å²) in [4.78, 5) is 34.0. The molecule has 0 amide bonds. The highest BCUT2D eigenvalue weighted by Gasteiger charge is 2.33. The summed E-state index contributed by atoms with van der Waals surface area (Å²) in [6, 6.07) is 9.24. The number of esters is 1. The molecular formula is C22H20BrN3O3S2. The number of hydrogen-bond donors (Lipinski definition) is 0. The van der Waals surface area contributed by atoms with Crippen LogP contribution in [-0.2, 0) is 9.53 Å². The van der Waals surface area contributed by atoms with Crippen molar-refractivity contribution in [3.05, 3.63) is 81.6 Å². The van der Waals surface area contributed by atoms with Crippen LogP contribution >= 0.6 is 38.6 Å². The minimum atomic E-state index is -0.547. The molecule has 3 aromatic rings. The van der Waals surface area contributed by atoms with E-state index in [1.165, 1.54) is 29.8 Å². The Hall–Kier alpha value is -2.49. The smallest absolute Gasteiger partial charge is 0.338 e. The Morgan fingerprint density at radius 1 is 1.32 bits per heavy atom. The first-order valence-corrected chi connectivity index (χ1v) is 11.9. The molecule has 4 rings (SSSR count). The summed E-state index contributed by atoms with van der Waals surface area (Å²) >= 11 is 6.41. The second-order valence-corrected chi connectivity index (χ2v) is 10.0. The van der Waals surface area contributed by atoms with E-state index in [1.807, 2.05) is 60.8 Å². The highest BCUT2D eigenvalue weighted by Crippen LogP contribution is 2.33. The van der Waals surface area contributed by atoms with E-state index in [9.17, 15) is 9.59 Å². The monoisotopic (exact) mass is 517 g/mol. The van der Waals surface area contributed by atoms with Crippen LogP contribution in [0, 0.1) is 0 Å². The summed E-state index contributed by atoms with van der Waals surface area (Å²) in [6.07, 6.45) is 1.86. The molecule has 0 bridgehead atoms. The van der Waals surface area contributed by atoms with Gasteiger partial charge in [0.1, 0.15) is 6.04 Å². The fraction of sp³-hybridized carbons (Fsp3) is 0.227. The highest BCUT2D eigenvalue weighted by molar-refractivity contribution is 9.10. The molecular weight excluding hydrogens is 498 g/mol. The van der Waals surface area contributed by atoms with Gasteiger partial charge in [-0.05, 0) is 58.1 Å². The Kier molecular flexibility index (Phi) is 6.00. The second kappa shape index (κ2) is 8.57. The van der Waals surface area contributed by atoms with E-state index in [2.05, 4.69) is 20.9 Å². The molecule has 1 unspecified atom stereocenters. The number of allylic oxidation sites excluding steroid dienone is 1. The molecule has 3 heterocycles. The maximum atomic E-state index is 13.4. The van der Waals surface area contributed by atoms with Crippen LogP contribution < -0.4 is 19.8 Å². The van der Waals surface area contributed by atoms with Crippen molar-refractivity contribution >= 4 is 56.3 Å². The van der Waals surface area contributed by atoms with Crippen LogP contribution in [-0.4, -0.2) is 31.7 Å². The largest absolute Gasteiger partial charge is 0.466 e. The molecule has 1 aliphatic heterocycles. The average Bonchev–Trinajstić information content (AvgIpc) is 3.35. The summed E-state index contributed by atoms with van der Waals surface area (Å²) < 4.78 is 8.11. The molecule has 1 aliphatic rings. The standard InChI is InChI=1S/C22H20BrN3O3S2/c1-12-18(21(28)29-4)19(16-6-5-9-30-16)26-20(27)17(31-22(26)24-12)11-13-7-8-15(25(2)3)14(23)10-13/h5-11,19H,1-4H3. The van der Waals surface area contributed by atoms with Crippen molar-refractivity contribution < 1.29 is 9.53 Å². The first-order valence-electron chi connectivity index (χ1n) is 9.43. The van der Waals surface area contributed by atoms with Crippen molar-refractivity contribution in [2.75, 3.05) is 26.1 Å². The molecule has 6 nitrogen and oxygen atoms in total. The summed E-state index contributed by atoms with van der Waals surface area (Å²) in [7, 11) is 5.29. The van der Waals surface area contributed by atoms with E-state index in [0.717, 1.165) is 20.6 Å². The number of halogens is 1. The van der Waals surface area contributed by atoms with E-state index in [0.29, 0.717) is 20.6 Å². The number of methoxy groups -OCH3 is 1. The third-order valence-corrected chi connectivity index (χ3v) is 7.53. The second-order valence-electron chi connectivity index (χ2n) is 7.19. The number of carbonyl (C=O) groups is 1. The molecule has 2 aromatic heterocycles. The quantitative estimate of drug-likeness (QED) is 0.498.